The third kappa shape index (κ3) is 4.62. The zero-order chi connectivity index (χ0) is 19.1. The van der Waals surface area contributed by atoms with Crippen LogP contribution in [0.1, 0.15) is 29.0 Å². The minimum Gasteiger partial charge on any atom is -0.618 e. The number of methoxy groups -OCH3 is 2. The van der Waals surface area contributed by atoms with Crippen molar-refractivity contribution in [2.45, 2.75) is 13.0 Å². The third-order valence-corrected chi connectivity index (χ3v) is 3.65. The number of hydrogen-bond acceptors (Lipinski definition) is 6. The monoisotopic (exact) mass is 360 g/mol. The average molecular weight is 360 g/mol. The topological polar surface area (TPSA) is 101 Å². The number of esters is 1. The van der Waals surface area contributed by atoms with E-state index >= 15 is 0 Å². The van der Waals surface area contributed by atoms with E-state index in [0.29, 0.717) is 21.8 Å². The molecule has 0 bridgehead atoms. The molecule has 1 atom stereocenters. The van der Waals surface area contributed by atoms with Crippen molar-refractivity contribution in [2.75, 3.05) is 20.8 Å². The number of amides is 1. The van der Waals surface area contributed by atoms with Crippen molar-refractivity contribution in [2.24, 2.45) is 0 Å². The zero-order valence-electron chi connectivity index (χ0n) is 14.7. The lowest BCUT2D eigenvalue weighted by atomic mass is 10.1. The van der Waals surface area contributed by atoms with Crippen LogP contribution in [0.3, 0.4) is 0 Å². The number of pyridine rings is 1. The van der Waals surface area contributed by atoms with Crippen molar-refractivity contribution >= 4 is 11.9 Å². The van der Waals surface area contributed by atoms with Gasteiger partial charge in [-0.25, -0.2) is 4.79 Å². The Labute approximate surface area is 150 Å². The van der Waals surface area contributed by atoms with Crippen LogP contribution in [0.25, 0.3) is 0 Å². The molecule has 1 aromatic heterocycles. The Bertz CT molecular complexity index is 793. The van der Waals surface area contributed by atoms with Gasteiger partial charge in [-0.15, -0.1) is 0 Å². The second-order valence-corrected chi connectivity index (χ2v) is 5.38. The van der Waals surface area contributed by atoms with Gasteiger partial charge in [0.1, 0.15) is 11.5 Å². The van der Waals surface area contributed by atoms with Gasteiger partial charge < -0.3 is 24.7 Å². The molecular weight excluding hydrogens is 340 g/mol. The molecule has 26 heavy (non-hydrogen) atoms. The van der Waals surface area contributed by atoms with Gasteiger partial charge in [-0.1, -0.05) is 0 Å². The number of carbonyl (C=O) groups is 2. The smallest absolute Gasteiger partial charge is 0.405 e. The molecule has 0 aliphatic rings. The molecule has 0 fully saturated rings. The summed E-state index contributed by atoms with van der Waals surface area (Å²) >= 11 is 0. The first-order valence-electron chi connectivity index (χ1n) is 7.83. The Morgan fingerprint density at radius 1 is 1.19 bits per heavy atom. The van der Waals surface area contributed by atoms with Crippen molar-refractivity contribution in [1.29, 1.82) is 0 Å². The van der Waals surface area contributed by atoms with Gasteiger partial charge >= 0.3 is 11.7 Å². The van der Waals surface area contributed by atoms with Crippen LogP contribution in [0.2, 0.25) is 0 Å². The summed E-state index contributed by atoms with van der Waals surface area (Å²) in [5.41, 5.74) is 0.523. The van der Waals surface area contributed by atoms with E-state index in [1.54, 1.807) is 32.2 Å². The van der Waals surface area contributed by atoms with E-state index in [1.165, 1.54) is 31.5 Å². The first kappa shape index (κ1) is 19.0. The summed E-state index contributed by atoms with van der Waals surface area (Å²) in [6.45, 7) is 1.25. The fraction of sp³-hybridized carbons (Fsp3) is 0.278. The molecule has 2 aromatic rings. The number of rotatable bonds is 7. The number of carbonyl (C=O) groups excluding carboxylic acids is 2. The van der Waals surface area contributed by atoms with E-state index in [1.807, 2.05) is 0 Å². The molecule has 1 amide bonds. The molecule has 138 valence electrons. The van der Waals surface area contributed by atoms with Gasteiger partial charge in [0.15, 0.2) is 12.8 Å². The van der Waals surface area contributed by atoms with E-state index < -0.39 is 24.5 Å². The second-order valence-electron chi connectivity index (χ2n) is 5.38. The first-order chi connectivity index (χ1) is 12.5. The Balaban J connectivity index is 1.97. The van der Waals surface area contributed by atoms with E-state index in [9.17, 15) is 14.8 Å². The minimum atomic E-state index is -0.873. The lowest BCUT2D eigenvalue weighted by Gasteiger charge is -2.18. The molecule has 0 spiro atoms. The van der Waals surface area contributed by atoms with Crippen molar-refractivity contribution in [3.8, 4) is 11.5 Å². The van der Waals surface area contributed by atoms with Crippen LogP contribution in [0, 0.1) is 5.21 Å². The van der Waals surface area contributed by atoms with Crippen molar-refractivity contribution in [3.05, 3.63) is 59.1 Å². The fourth-order valence-corrected chi connectivity index (χ4v) is 2.33. The lowest BCUT2D eigenvalue weighted by molar-refractivity contribution is -0.608. The maximum atomic E-state index is 12.1. The first-order valence-corrected chi connectivity index (χ1v) is 7.83. The molecule has 1 aromatic carbocycles. The van der Waals surface area contributed by atoms with Crippen LogP contribution in [0.15, 0.2) is 42.6 Å². The van der Waals surface area contributed by atoms with E-state index in [4.69, 9.17) is 14.2 Å². The molecule has 8 heteroatoms. The van der Waals surface area contributed by atoms with Crippen LogP contribution < -0.4 is 19.5 Å². The average Bonchev–Trinajstić information content (AvgIpc) is 2.65. The summed E-state index contributed by atoms with van der Waals surface area (Å²) in [6.07, 6.45) is 1.17. The number of ether oxygens (including phenoxy) is 3. The number of aromatic nitrogens is 1. The number of benzene rings is 1. The summed E-state index contributed by atoms with van der Waals surface area (Å²) in [4.78, 5) is 23.9. The summed E-state index contributed by atoms with van der Waals surface area (Å²) in [6, 6.07) is 9.15. The molecule has 1 N–H and O–H groups in total. The van der Waals surface area contributed by atoms with Gasteiger partial charge in [0, 0.05) is 17.7 Å². The normalized spacial score (nSPS) is 11.3. The number of nitrogens with one attached hydrogen (secondary N) is 1. The van der Waals surface area contributed by atoms with Crippen LogP contribution in [0.4, 0.5) is 0 Å². The molecular formula is C18H20N2O6. The highest BCUT2D eigenvalue weighted by Crippen LogP contribution is 2.29. The number of nitrogens with zero attached hydrogens (tertiary/aromatic N) is 1. The van der Waals surface area contributed by atoms with Crippen molar-refractivity contribution in [1.82, 2.24) is 5.32 Å². The minimum absolute atomic E-state index is 0.192. The SMILES string of the molecule is COc1ccc(OC)c([C@@H](C)NC(=O)COC(=O)c2cccc[n+]2[O-])c1. The van der Waals surface area contributed by atoms with Crippen LogP contribution >= 0.6 is 0 Å². The van der Waals surface area contributed by atoms with Gasteiger partial charge in [0.2, 0.25) is 0 Å². The summed E-state index contributed by atoms with van der Waals surface area (Å²) in [7, 11) is 3.07. The molecule has 1 heterocycles. The summed E-state index contributed by atoms with van der Waals surface area (Å²) < 4.78 is 15.7. The lowest BCUT2D eigenvalue weighted by Crippen LogP contribution is -2.36. The van der Waals surface area contributed by atoms with Gasteiger partial charge in [-0.05, 0) is 31.2 Å². The standard InChI is InChI=1S/C18H20N2O6/c1-12(14-10-13(24-2)7-8-16(14)25-3)19-17(21)11-26-18(22)15-6-4-5-9-20(15)23/h4-10,12H,11H2,1-3H3,(H,19,21)/t12-/m1/s1. The largest absolute Gasteiger partial charge is 0.618 e. The molecule has 0 radical (unpaired) electrons. The van der Waals surface area contributed by atoms with E-state index in [-0.39, 0.29) is 5.69 Å². The quantitative estimate of drug-likeness (QED) is 0.455. The predicted molar refractivity (Wildman–Crippen MR) is 91.8 cm³/mol. The summed E-state index contributed by atoms with van der Waals surface area (Å²) in [5.74, 6) is -0.170. The highest BCUT2D eigenvalue weighted by atomic mass is 16.5. The van der Waals surface area contributed by atoms with E-state index in [2.05, 4.69) is 5.32 Å². The Kier molecular flexibility index (Phi) is 6.37. The Morgan fingerprint density at radius 3 is 2.62 bits per heavy atom. The Morgan fingerprint density at radius 2 is 1.96 bits per heavy atom. The van der Waals surface area contributed by atoms with E-state index in [0.717, 1.165) is 0 Å². The van der Waals surface area contributed by atoms with Gasteiger partial charge in [-0.3, -0.25) is 4.79 Å². The molecule has 0 aliphatic carbocycles. The molecule has 0 unspecified atom stereocenters. The van der Waals surface area contributed by atoms with Crippen LogP contribution in [0.5, 0.6) is 11.5 Å². The highest BCUT2D eigenvalue weighted by Gasteiger charge is 2.20. The van der Waals surface area contributed by atoms with Crippen molar-refractivity contribution < 1.29 is 28.5 Å². The number of hydrogen-bond donors (Lipinski definition) is 1. The second kappa shape index (κ2) is 8.70. The van der Waals surface area contributed by atoms with Crippen molar-refractivity contribution in [3.63, 3.8) is 0 Å². The summed E-state index contributed by atoms with van der Waals surface area (Å²) in [5, 5.41) is 14.2. The molecule has 2 rings (SSSR count). The van der Waals surface area contributed by atoms with Crippen LogP contribution in [-0.2, 0) is 9.53 Å². The van der Waals surface area contributed by atoms with Gasteiger partial charge in [0.25, 0.3) is 5.91 Å². The maximum Gasteiger partial charge on any atom is 0.405 e. The molecule has 0 aliphatic heterocycles. The Hall–Kier alpha value is -3.29. The molecule has 0 saturated heterocycles. The highest BCUT2D eigenvalue weighted by molar-refractivity contribution is 5.88. The predicted octanol–water partition coefficient (Wildman–Crippen LogP) is 1.37. The fourth-order valence-electron chi connectivity index (χ4n) is 2.33. The zero-order valence-corrected chi connectivity index (χ0v) is 14.7. The van der Waals surface area contributed by atoms with Gasteiger partial charge in [0.05, 0.1) is 20.3 Å². The van der Waals surface area contributed by atoms with Gasteiger partial charge in [-0.2, -0.15) is 4.73 Å². The third-order valence-electron chi connectivity index (χ3n) is 3.65. The maximum absolute atomic E-state index is 12.1. The molecule has 8 nitrogen and oxygen atoms in total. The molecule has 0 saturated carbocycles. The van der Waals surface area contributed by atoms with Crippen LogP contribution in [-0.4, -0.2) is 32.7 Å².